The average Bonchev–Trinajstić information content (AvgIpc) is 2.87. The van der Waals surface area contributed by atoms with Crippen LogP contribution in [-0.4, -0.2) is 23.5 Å². The molecule has 3 rings (SSSR count). The summed E-state index contributed by atoms with van der Waals surface area (Å²) >= 11 is 1.75. The van der Waals surface area contributed by atoms with Gasteiger partial charge in [0.2, 0.25) is 0 Å². The van der Waals surface area contributed by atoms with E-state index in [1.807, 2.05) is 0 Å². The predicted octanol–water partition coefficient (Wildman–Crippen LogP) is 1.46. The average molecular weight is 236 g/mol. The molecule has 0 aromatic carbocycles. The van der Waals surface area contributed by atoms with Gasteiger partial charge in [-0.3, -0.25) is 4.99 Å². The van der Waals surface area contributed by atoms with Gasteiger partial charge in [0, 0.05) is 17.3 Å². The molecule has 0 amide bonds. The highest BCUT2D eigenvalue weighted by Crippen LogP contribution is 2.40. The van der Waals surface area contributed by atoms with E-state index in [0.717, 1.165) is 30.0 Å². The van der Waals surface area contributed by atoms with Gasteiger partial charge in [0.1, 0.15) is 5.01 Å². The number of hydrogen-bond donors (Lipinski definition) is 2. The van der Waals surface area contributed by atoms with E-state index in [1.54, 1.807) is 11.3 Å². The molecule has 2 aliphatic rings. The monoisotopic (exact) mass is 236 g/mol. The van der Waals surface area contributed by atoms with Gasteiger partial charge in [-0.1, -0.05) is 0 Å². The van der Waals surface area contributed by atoms with E-state index in [4.69, 9.17) is 0 Å². The Bertz CT molecular complexity index is 408. The van der Waals surface area contributed by atoms with Crippen molar-refractivity contribution < 1.29 is 0 Å². The number of aliphatic imine (C=N–C) groups is 1. The van der Waals surface area contributed by atoms with Crippen molar-refractivity contribution in [2.45, 2.75) is 38.3 Å². The van der Waals surface area contributed by atoms with Gasteiger partial charge in [-0.15, -0.1) is 11.3 Å². The number of thiazole rings is 1. The van der Waals surface area contributed by atoms with Gasteiger partial charge < -0.3 is 10.6 Å². The molecule has 0 saturated heterocycles. The molecular formula is C11H16N4S. The number of hydrogen-bond acceptors (Lipinski definition) is 5. The van der Waals surface area contributed by atoms with Crippen LogP contribution in [0.2, 0.25) is 0 Å². The van der Waals surface area contributed by atoms with Crippen molar-refractivity contribution in [2.75, 3.05) is 6.54 Å². The van der Waals surface area contributed by atoms with Crippen LogP contribution in [-0.2, 0) is 6.54 Å². The van der Waals surface area contributed by atoms with E-state index in [2.05, 4.69) is 32.9 Å². The largest absolute Gasteiger partial charge is 0.352 e. The first kappa shape index (κ1) is 10.1. The Labute approximate surface area is 99.2 Å². The van der Waals surface area contributed by atoms with Gasteiger partial charge in [-0.2, -0.15) is 0 Å². The lowest BCUT2D eigenvalue weighted by Gasteiger charge is -2.06. The maximum Gasteiger partial charge on any atom is 0.191 e. The zero-order valence-corrected chi connectivity index (χ0v) is 10.2. The number of aromatic nitrogens is 1. The minimum Gasteiger partial charge on any atom is -0.352 e. The van der Waals surface area contributed by atoms with Crippen molar-refractivity contribution in [3.05, 3.63) is 16.1 Å². The summed E-state index contributed by atoms with van der Waals surface area (Å²) in [6.07, 6.45) is 2.64. The van der Waals surface area contributed by atoms with Crippen LogP contribution in [0.25, 0.3) is 0 Å². The summed E-state index contributed by atoms with van der Waals surface area (Å²) in [5, 5.41) is 9.92. The first-order chi connectivity index (χ1) is 7.81. The first-order valence-electron chi connectivity index (χ1n) is 5.80. The van der Waals surface area contributed by atoms with E-state index in [-0.39, 0.29) is 0 Å². The summed E-state index contributed by atoms with van der Waals surface area (Å²) in [6.45, 7) is 3.79. The molecule has 1 saturated carbocycles. The molecule has 4 nitrogen and oxygen atoms in total. The molecule has 1 aromatic heterocycles. The standard InChI is InChI=1S/C11H16N4S/c1-7-4-12-11(14-7)13-5-10-15-9(6-16-10)8-2-3-8/h6-8H,2-5H2,1H3,(H2,12,13,14). The second-order valence-corrected chi connectivity index (χ2v) is 5.47. The van der Waals surface area contributed by atoms with Crippen LogP contribution in [0.1, 0.15) is 36.4 Å². The second-order valence-electron chi connectivity index (χ2n) is 4.53. The zero-order chi connectivity index (χ0) is 11.0. The summed E-state index contributed by atoms with van der Waals surface area (Å²) in [5.74, 6) is 1.67. The molecular weight excluding hydrogens is 220 g/mol. The first-order valence-corrected chi connectivity index (χ1v) is 6.68. The molecule has 86 valence electrons. The number of guanidine groups is 1. The molecule has 16 heavy (non-hydrogen) atoms. The molecule has 1 aliphatic carbocycles. The molecule has 1 unspecified atom stereocenters. The van der Waals surface area contributed by atoms with Crippen molar-refractivity contribution in [3.8, 4) is 0 Å². The highest BCUT2D eigenvalue weighted by atomic mass is 32.1. The fraction of sp³-hybridized carbons (Fsp3) is 0.636. The third kappa shape index (κ3) is 2.19. The molecule has 5 heteroatoms. The Hall–Kier alpha value is -1.10. The van der Waals surface area contributed by atoms with Gasteiger partial charge in [0.05, 0.1) is 18.8 Å². The van der Waals surface area contributed by atoms with Gasteiger partial charge >= 0.3 is 0 Å². The highest BCUT2D eigenvalue weighted by Gasteiger charge is 2.25. The van der Waals surface area contributed by atoms with E-state index < -0.39 is 0 Å². The number of nitrogens with zero attached hydrogens (tertiary/aromatic N) is 2. The van der Waals surface area contributed by atoms with E-state index in [0.29, 0.717) is 6.04 Å². The Balaban J connectivity index is 1.53. The van der Waals surface area contributed by atoms with E-state index >= 15 is 0 Å². The van der Waals surface area contributed by atoms with Gasteiger partial charge in [0.25, 0.3) is 0 Å². The van der Waals surface area contributed by atoms with E-state index in [1.165, 1.54) is 18.5 Å². The summed E-state index contributed by atoms with van der Waals surface area (Å²) in [7, 11) is 0. The van der Waals surface area contributed by atoms with Crippen molar-refractivity contribution in [1.29, 1.82) is 0 Å². The van der Waals surface area contributed by atoms with Crippen molar-refractivity contribution in [1.82, 2.24) is 15.6 Å². The molecule has 1 aliphatic heterocycles. The third-order valence-corrected chi connectivity index (χ3v) is 3.75. The quantitative estimate of drug-likeness (QED) is 0.835. The predicted molar refractivity (Wildman–Crippen MR) is 65.8 cm³/mol. The fourth-order valence-corrected chi connectivity index (χ4v) is 2.61. The lowest BCUT2D eigenvalue weighted by Crippen LogP contribution is -2.37. The molecule has 1 aromatic rings. The molecule has 2 N–H and O–H groups in total. The normalized spacial score (nSPS) is 24.1. The molecule has 2 heterocycles. The lowest BCUT2D eigenvalue weighted by molar-refractivity contribution is 0.712. The summed E-state index contributed by atoms with van der Waals surface area (Å²) in [5.41, 5.74) is 1.29. The van der Waals surface area contributed by atoms with Crippen LogP contribution in [0, 0.1) is 0 Å². The van der Waals surface area contributed by atoms with Gasteiger partial charge in [-0.05, 0) is 19.8 Å². The fourth-order valence-electron chi connectivity index (χ4n) is 1.79. The molecule has 0 spiro atoms. The minimum absolute atomic E-state index is 0.459. The second kappa shape index (κ2) is 4.05. The maximum absolute atomic E-state index is 4.63. The van der Waals surface area contributed by atoms with Crippen LogP contribution in [0.5, 0.6) is 0 Å². The van der Waals surface area contributed by atoms with Gasteiger partial charge in [0.15, 0.2) is 5.96 Å². The topological polar surface area (TPSA) is 49.3 Å². The zero-order valence-electron chi connectivity index (χ0n) is 9.36. The van der Waals surface area contributed by atoms with Crippen LogP contribution in [0.3, 0.4) is 0 Å². The SMILES string of the molecule is CC1CN=C(NCc2nc(C3CC3)cs2)N1. The molecule has 1 fully saturated rings. The van der Waals surface area contributed by atoms with E-state index in [9.17, 15) is 0 Å². The van der Waals surface area contributed by atoms with Crippen LogP contribution in [0.15, 0.2) is 10.4 Å². The Morgan fingerprint density at radius 2 is 2.44 bits per heavy atom. The highest BCUT2D eigenvalue weighted by molar-refractivity contribution is 7.09. The Morgan fingerprint density at radius 3 is 3.12 bits per heavy atom. The minimum atomic E-state index is 0.459. The summed E-state index contributed by atoms with van der Waals surface area (Å²) < 4.78 is 0. The summed E-state index contributed by atoms with van der Waals surface area (Å²) in [4.78, 5) is 8.98. The molecule has 1 atom stereocenters. The van der Waals surface area contributed by atoms with Crippen molar-refractivity contribution >= 4 is 17.3 Å². The number of rotatable bonds is 3. The Kier molecular flexibility index (Phi) is 2.55. The molecule has 0 bridgehead atoms. The van der Waals surface area contributed by atoms with Gasteiger partial charge in [-0.25, -0.2) is 4.98 Å². The lowest BCUT2D eigenvalue weighted by atomic mass is 10.3. The maximum atomic E-state index is 4.63. The van der Waals surface area contributed by atoms with Crippen LogP contribution < -0.4 is 10.6 Å². The number of nitrogens with one attached hydrogen (secondary N) is 2. The molecule has 0 radical (unpaired) electrons. The third-order valence-electron chi connectivity index (χ3n) is 2.88. The van der Waals surface area contributed by atoms with Crippen molar-refractivity contribution in [3.63, 3.8) is 0 Å². The van der Waals surface area contributed by atoms with Crippen molar-refractivity contribution in [2.24, 2.45) is 4.99 Å². The summed E-state index contributed by atoms with van der Waals surface area (Å²) in [6, 6.07) is 0.459. The Morgan fingerprint density at radius 1 is 1.56 bits per heavy atom. The van der Waals surface area contributed by atoms with Crippen LogP contribution in [0.4, 0.5) is 0 Å². The van der Waals surface area contributed by atoms with Crippen LogP contribution >= 0.6 is 11.3 Å². The smallest absolute Gasteiger partial charge is 0.191 e.